The third kappa shape index (κ3) is 3.41. The Morgan fingerprint density at radius 2 is 2.04 bits per heavy atom. The molecule has 1 atom stereocenters. The Morgan fingerprint density at radius 3 is 2.83 bits per heavy atom. The van der Waals surface area contributed by atoms with E-state index in [-0.39, 0.29) is 11.9 Å². The maximum atomic E-state index is 12.7. The molecule has 23 heavy (non-hydrogen) atoms. The number of para-hydroxylation sites is 1. The van der Waals surface area contributed by atoms with Crippen molar-refractivity contribution in [2.24, 2.45) is 0 Å². The van der Waals surface area contributed by atoms with E-state index >= 15 is 0 Å². The molecule has 120 valence electrons. The first-order valence-corrected chi connectivity index (χ1v) is 8.28. The molecule has 0 radical (unpaired) electrons. The van der Waals surface area contributed by atoms with E-state index in [2.05, 4.69) is 17.9 Å². The number of rotatable bonds is 4. The molecule has 0 aliphatic carbocycles. The molecule has 4 heteroatoms. The fourth-order valence-electron chi connectivity index (χ4n) is 3.05. The molecule has 3 nitrogen and oxygen atoms in total. The third-order valence-electron chi connectivity index (χ3n) is 4.57. The van der Waals surface area contributed by atoms with Crippen molar-refractivity contribution in [1.82, 2.24) is 4.90 Å². The van der Waals surface area contributed by atoms with Crippen LogP contribution < -0.4 is 4.90 Å². The van der Waals surface area contributed by atoms with Gasteiger partial charge in [0.05, 0.1) is 6.54 Å². The molecule has 1 aliphatic rings. The molecule has 2 aromatic rings. The highest BCUT2D eigenvalue weighted by Crippen LogP contribution is 2.28. The van der Waals surface area contributed by atoms with Gasteiger partial charge in [-0.1, -0.05) is 41.9 Å². The smallest absolute Gasteiger partial charge is 0.241 e. The summed E-state index contributed by atoms with van der Waals surface area (Å²) in [5, 5.41) is 0.725. The minimum Gasteiger partial charge on any atom is -0.311 e. The highest BCUT2D eigenvalue weighted by molar-refractivity contribution is 6.30. The molecule has 0 unspecified atom stereocenters. The number of halogens is 1. The summed E-state index contributed by atoms with van der Waals surface area (Å²) in [6.07, 6.45) is 0.940. The van der Waals surface area contributed by atoms with Crippen molar-refractivity contribution in [2.45, 2.75) is 19.4 Å². The predicted molar refractivity (Wildman–Crippen MR) is 95.0 cm³/mol. The van der Waals surface area contributed by atoms with E-state index < -0.39 is 0 Å². The first kappa shape index (κ1) is 16.0. The highest BCUT2D eigenvalue weighted by Gasteiger charge is 2.26. The maximum absolute atomic E-state index is 12.7. The summed E-state index contributed by atoms with van der Waals surface area (Å²) >= 11 is 6.07. The van der Waals surface area contributed by atoms with Gasteiger partial charge in [-0.15, -0.1) is 0 Å². The molecule has 1 aliphatic heterocycles. The fourth-order valence-corrected chi connectivity index (χ4v) is 3.25. The molecule has 0 spiro atoms. The van der Waals surface area contributed by atoms with Gasteiger partial charge in [0.1, 0.15) is 0 Å². The molecule has 3 rings (SSSR count). The van der Waals surface area contributed by atoms with Crippen LogP contribution in [0.2, 0.25) is 5.02 Å². The molecule has 0 saturated heterocycles. The maximum Gasteiger partial charge on any atom is 0.241 e. The van der Waals surface area contributed by atoms with Gasteiger partial charge in [-0.3, -0.25) is 9.69 Å². The van der Waals surface area contributed by atoms with Crippen LogP contribution in [-0.4, -0.2) is 30.9 Å². The van der Waals surface area contributed by atoms with E-state index in [0.717, 1.165) is 29.2 Å². The second-order valence-electron chi connectivity index (χ2n) is 6.07. The van der Waals surface area contributed by atoms with Gasteiger partial charge in [-0.25, -0.2) is 0 Å². The van der Waals surface area contributed by atoms with Crippen molar-refractivity contribution in [2.75, 3.05) is 25.0 Å². The number of hydrogen-bond acceptors (Lipinski definition) is 2. The summed E-state index contributed by atoms with van der Waals surface area (Å²) in [7, 11) is 1.98. The highest BCUT2D eigenvalue weighted by atomic mass is 35.5. The van der Waals surface area contributed by atoms with Crippen LogP contribution in [0.3, 0.4) is 0 Å². The average molecular weight is 329 g/mol. The summed E-state index contributed by atoms with van der Waals surface area (Å²) in [6, 6.07) is 16.1. The van der Waals surface area contributed by atoms with Crippen LogP contribution in [0, 0.1) is 0 Å². The van der Waals surface area contributed by atoms with E-state index in [0.29, 0.717) is 6.54 Å². The SMILES string of the molecule is C[C@@H](c1cccc(Cl)c1)N(C)CC(=O)N1CCc2ccccc21. The number of benzene rings is 2. The number of anilines is 1. The summed E-state index contributed by atoms with van der Waals surface area (Å²) in [6.45, 7) is 3.26. The van der Waals surface area contributed by atoms with Gasteiger partial charge >= 0.3 is 0 Å². The lowest BCUT2D eigenvalue weighted by Crippen LogP contribution is -2.39. The fraction of sp³-hybridized carbons (Fsp3) is 0.316. The van der Waals surface area contributed by atoms with Crippen molar-refractivity contribution in [3.05, 3.63) is 64.7 Å². The molecule has 1 heterocycles. The topological polar surface area (TPSA) is 23.6 Å². The zero-order valence-corrected chi connectivity index (χ0v) is 14.3. The van der Waals surface area contributed by atoms with Gasteiger partial charge in [-0.05, 0) is 49.7 Å². The Kier molecular flexibility index (Phi) is 4.69. The number of hydrogen-bond donors (Lipinski definition) is 0. The lowest BCUT2D eigenvalue weighted by Gasteiger charge is -2.27. The molecule has 0 fully saturated rings. The number of carbonyl (C=O) groups excluding carboxylic acids is 1. The van der Waals surface area contributed by atoms with Crippen LogP contribution in [0.5, 0.6) is 0 Å². The van der Waals surface area contributed by atoms with Crippen LogP contribution >= 0.6 is 11.6 Å². The molecule has 0 aromatic heterocycles. The molecule has 2 aromatic carbocycles. The van der Waals surface area contributed by atoms with Crippen molar-refractivity contribution in [1.29, 1.82) is 0 Å². The Balaban J connectivity index is 1.68. The van der Waals surface area contributed by atoms with Crippen molar-refractivity contribution in [3.8, 4) is 0 Å². The minimum atomic E-state index is 0.135. The van der Waals surface area contributed by atoms with Crippen LogP contribution in [0.25, 0.3) is 0 Å². The van der Waals surface area contributed by atoms with Crippen LogP contribution in [0.4, 0.5) is 5.69 Å². The van der Waals surface area contributed by atoms with E-state index in [4.69, 9.17) is 11.6 Å². The van der Waals surface area contributed by atoms with Gasteiger partial charge < -0.3 is 4.90 Å². The minimum absolute atomic E-state index is 0.135. The number of fused-ring (bicyclic) bond motifs is 1. The van der Waals surface area contributed by atoms with Gasteiger partial charge in [-0.2, -0.15) is 0 Å². The summed E-state index contributed by atoms with van der Waals surface area (Å²) in [5.74, 6) is 0.145. The summed E-state index contributed by atoms with van der Waals surface area (Å²) < 4.78 is 0. The zero-order chi connectivity index (χ0) is 16.4. The Bertz CT molecular complexity index is 716. The normalized spacial score (nSPS) is 14.9. The molecule has 0 bridgehead atoms. The third-order valence-corrected chi connectivity index (χ3v) is 4.80. The van der Waals surface area contributed by atoms with Gasteiger partial charge in [0.25, 0.3) is 0 Å². The predicted octanol–water partition coefficient (Wildman–Crippen LogP) is 3.92. The second-order valence-corrected chi connectivity index (χ2v) is 6.51. The van der Waals surface area contributed by atoms with Crippen LogP contribution in [0.1, 0.15) is 24.1 Å². The summed E-state index contributed by atoms with van der Waals surface area (Å²) in [5.41, 5.74) is 3.43. The number of likely N-dealkylation sites (N-methyl/N-ethyl adjacent to an activating group) is 1. The van der Waals surface area contributed by atoms with Crippen molar-refractivity contribution in [3.63, 3.8) is 0 Å². The van der Waals surface area contributed by atoms with E-state index in [1.807, 2.05) is 54.4 Å². The van der Waals surface area contributed by atoms with Crippen LogP contribution in [0.15, 0.2) is 48.5 Å². The van der Waals surface area contributed by atoms with Gasteiger partial charge in [0.2, 0.25) is 5.91 Å². The van der Waals surface area contributed by atoms with Crippen LogP contribution in [-0.2, 0) is 11.2 Å². The quantitative estimate of drug-likeness (QED) is 0.849. The van der Waals surface area contributed by atoms with Crippen molar-refractivity contribution >= 4 is 23.2 Å². The van der Waals surface area contributed by atoms with E-state index in [1.165, 1.54) is 5.56 Å². The monoisotopic (exact) mass is 328 g/mol. The number of carbonyl (C=O) groups is 1. The zero-order valence-electron chi connectivity index (χ0n) is 13.5. The second kappa shape index (κ2) is 6.73. The van der Waals surface area contributed by atoms with Gasteiger partial charge in [0.15, 0.2) is 0 Å². The Morgan fingerprint density at radius 1 is 1.26 bits per heavy atom. The standard InChI is InChI=1S/C19H21ClN2O/c1-14(16-7-5-8-17(20)12-16)21(2)13-19(23)22-11-10-15-6-3-4-9-18(15)22/h3-9,12,14H,10-11,13H2,1-2H3/t14-/m0/s1. The average Bonchev–Trinajstić information content (AvgIpc) is 2.98. The largest absolute Gasteiger partial charge is 0.311 e. The first-order valence-electron chi connectivity index (χ1n) is 7.90. The first-order chi connectivity index (χ1) is 11.1. The molecular weight excluding hydrogens is 308 g/mol. The van der Waals surface area contributed by atoms with Gasteiger partial charge in [0, 0.05) is 23.3 Å². The Hall–Kier alpha value is -1.84. The Labute approximate surface area is 142 Å². The molecular formula is C19H21ClN2O. The molecule has 1 amide bonds. The molecule has 0 saturated carbocycles. The lowest BCUT2D eigenvalue weighted by molar-refractivity contribution is -0.119. The van der Waals surface area contributed by atoms with E-state index in [9.17, 15) is 4.79 Å². The number of amides is 1. The van der Waals surface area contributed by atoms with Crippen molar-refractivity contribution < 1.29 is 4.79 Å². The lowest BCUT2D eigenvalue weighted by atomic mass is 10.1. The molecule has 0 N–H and O–H groups in total. The summed E-state index contributed by atoms with van der Waals surface area (Å²) in [4.78, 5) is 16.6. The number of nitrogens with zero attached hydrogens (tertiary/aromatic N) is 2. The van der Waals surface area contributed by atoms with E-state index in [1.54, 1.807) is 0 Å².